The highest BCUT2D eigenvalue weighted by Crippen LogP contribution is 2.61. The van der Waals surface area contributed by atoms with E-state index >= 15 is 0 Å². The average molecular weight is 326 g/mol. The van der Waals surface area contributed by atoms with Gasteiger partial charge in [-0.2, -0.15) is 0 Å². The zero-order valence-corrected chi connectivity index (χ0v) is 14.5. The van der Waals surface area contributed by atoms with E-state index in [0.717, 1.165) is 37.7 Å². The molecule has 0 saturated heterocycles. The van der Waals surface area contributed by atoms with Crippen molar-refractivity contribution < 1.29 is 14.9 Å². The van der Waals surface area contributed by atoms with Crippen LogP contribution >= 0.6 is 0 Å². The molecule has 2 fully saturated rings. The SMILES string of the molecule is C#Cc1cc(O)cc2c1C1C(OC)CC3(C)C(O)CCC3C1CC2. The first-order valence-electron chi connectivity index (χ1n) is 9.03. The van der Waals surface area contributed by atoms with Gasteiger partial charge < -0.3 is 14.9 Å². The van der Waals surface area contributed by atoms with Crippen LogP contribution in [-0.4, -0.2) is 29.5 Å². The fourth-order valence-corrected chi connectivity index (χ4v) is 6.07. The van der Waals surface area contributed by atoms with Crippen molar-refractivity contribution in [3.63, 3.8) is 0 Å². The molecule has 6 unspecified atom stereocenters. The van der Waals surface area contributed by atoms with E-state index in [1.165, 1.54) is 11.1 Å². The highest BCUT2D eigenvalue weighted by Gasteiger charge is 2.58. The standard InChI is InChI=1S/C21H26O3/c1-4-12-9-14(22)10-13-5-6-15-16-7-8-18(23)21(16,2)11-17(24-3)20(15)19(12)13/h1,9-10,15-18,20,22-23H,5-8,11H2,2-3H3. The normalized spacial score (nSPS) is 40.3. The van der Waals surface area contributed by atoms with Crippen LogP contribution in [0.3, 0.4) is 0 Å². The number of phenols is 1. The van der Waals surface area contributed by atoms with Crippen LogP contribution in [0, 0.1) is 29.6 Å². The van der Waals surface area contributed by atoms with Crippen LogP contribution in [-0.2, 0) is 11.2 Å². The number of fused-ring (bicyclic) bond motifs is 5. The summed E-state index contributed by atoms with van der Waals surface area (Å²) in [6.45, 7) is 2.24. The Kier molecular flexibility index (Phi) is 3.67. The second-order valence-electron chi connectivity index (χ2n) is 8.12. The number of hydrogen-bond donors (Lipinski definition) is 2. The number of aliphatic hydroxyl groups excluding tert-OH is 1. The molecule has 0 aromatic heterocycles. The molecule has 2 N–H and O–H groups in total. The summed E-state index contributed by atoms with van der Waals surface area (Å²) in [6.07, 6.45) is 10.5. The van der Waals surface area contributed by atoms with Crippen molar-refractivity contribution in [2.75, 3.05) is 7.11 Å². The van der Waals surface area contributed by atoms with Gasteiger partial charge in [-0.25, -0.2) is 0 Å². The molecule has 3 aliphatic carbocycles. The number of aromatic hydroxyl groups is 1. The molecule has 0 heterocycles. The molecule has 3 heteroatoms. The summed E-state index contributed by atoms with van der Waals surface area (Å²) in [6, 6.07) is 3.58. The Morgan fingerprint density at radius 1 is 1.29 bits per heavy atom. The van der Waals surface area contributed by atoms with Crippen molar-refractivity contribution in [2.24, 2.45) is 17.3 Å². The fourth-order valence-electron chi connectivity index (χ4n) is 6.07. The lowest BCUT2D eigenvalue weighted by molar-refractivity contribution is -0.0930. The predicted molar refractivity (Wildman–Crippen MR) is 92.8 cm³/mol. The molecule has 2 saturated carbocycles. The van der Waals surface area contributed by atoms with Gasteiger partial charge in [-0.1, -0.05) is 12.8 Å². The van der Waals surface area contributed by atoms with E-state index in [9.17, 15) is 10.2 Å². The third-order valence-corrected chi connectivity index (χ3v) is 7.17. The molecule has 0 aliphatic heterocycles. The number of benzene rings is 1. The number of terminal acetylenes is 1. The molecular weight excluding hydrogens is 300 g/mol. The Bertz CT molecular complexity index is 704. The number of rotatable bonds is 1. The zero-order chi connectivity index (χ0) is 17.1. The number of aryl methyl sites for hydroxylation is 1. The molecule has 0 radical (unpaired) electrons. The molecule has 6 atom stereocenters. The van der Waals surface area contributed by atoms with E-state index in [1.54, 1.807) is 13.2 Å². The van der Waals surface area contributed by atoms with Crippen LogP contribution in [0.5, 0.6) is 5.75 Å². The van der Waals surface area contributed by atoms with Gasteiger partial charge in [0.2, 0.25) is 0 Å². The molecule has 4 rings (SSSR count). The monoisotopic (exact) mass is 326 g/mol. The molecular formula is C21H26O3. The van der Waals surface area contributed by atoms with Crippen LogP contribution in [0.15, 0.2) is 12.1 Å². The predicted octanol–water partition coefficient (Wildman–Crippen LogP) is 3.22. The third kappa shape index (κ3) is 2.06. The van der Waals surface area contributed by atoms with Crippen molar-refractivity contribution in [1.29, 1.82) is 0 Å². The smallest absolute Gasteiger partial charge is 0.117 e. The molecule has 1 aromatic rings. The Balaban J connectivity index is 1.85. The van der Waals surface area contributed by atoms with Crippen LogP contribution in [0.4, 0.5) is 0 Å². The van der Waals surface area contributed by atoms with Crippen LogP contribution in [0.1, 0.15) is 55.2 Å². The first kappa shape index (κ1) is 16.0. The topological polar surface area (TPSA) is 49.7 Å². The van der Waals surface area contributed by atoms with Crippen LogP contribution in [0.2, 0.25) is 0 Å². The van der Waals surface area contributed by atoms with E-state index < -0.39 is 0 Å². The second kappa shape index (κ2) is 5.51. The maximum absolute atomic E-state index is 10.6. The van der Waals surface area contributed by atoms with Crippen molar-refractivity contribution in [2.45, 2.75) is 57.2 Å². The van der Waals surface area contributed by atoms with Gasteiger partial charge in [0.15, 0.2) is 0 Å². The third-order valence-electron chi connectivity index (χ3n) is 7.17. The minimum absolute atomic E-state index is 0.0490. The highest BCUT2D eigenvalue weighted by atomic mass is 16.5. The first-order chi connectivity index (χ1) is 11.5. The maximum atomic E-state index is 10.6. The van der Waals surface area contributed by atoms with Gasteiger partial charge in [0.05, 0.1) is 12.2 Å². The average Bonchev–Trinajstić information content (AvgIpc) is 2.87. The Labute approximate surface area is 144 Å². The quantitative estimate of drug-likeness (QED) is 0.779. The zero-order valence-electron chi connectivity index (χ0n) is 14.5. The van der Waals surface area contributed by atoms with E-state index in [2.05, 4.69) is 12.8 Å². The summed E-state index contributed by atoms with van der Waals surface area (Å²) in [5.41, 5.74) is 3.14. The Hall–Kier alpha value is -1.50. The Morgan fingerprint density at radius 3 is 2.79 bits per heavy atom. The van der Waals surface area contributed by atoms with Crippen LogP contribution < -0.4 is 0 Å². The van der Waals surface area contributed by atoms with E-state index in [0.29, 0.717) is 11.8 Å². The maximum Gasteiger partial charge on any atom is 0.117 e. The minimum Gasteiger partial charge on any atom is -0.508 e. The van der Waals surface area contributed by atoms with Crippen molar-refractivity contribution in [3.05, 3.63) is 28.8 Å². The summed E-state index contributed by atoms with van der Waals surface area (Å²) in [7, 11) is 1.77. The molecule has 24 heavy (non-hydrogen) atoms. The second-order valence-corrected chi connectivity index (χ2v) is 8.12. The molecule has 3 nitrogen and oxygen atoms in total. The van der Waals surface area contributed by atoms with Gasteiger partial charge in [0, 0.05) is 18.6 Å². The largest absolute Gasteiger partial charge is 0.508 e. The van der Waals surface area contributed by atoms with Crippen molar-refractivity contribution in [3.8, 4) is 18.1 Å². The highest BCUT2D eigenvalue weighted by molar-refractivity contribution is 5.53. The minimum atomic E-state index is -0.227. The summed E-state index contributed by atoms with van der Waals surface area (Å²) in [4.78, 5) is 0. The lowest BCUT2D eigenvalue weighted by Crippen LogP contribution is -2.50. The lowest BCUT2D eigenvalue weighted by atomic mass is 9.54. The molecule has 0 bridgehead atoms. The fraction of sp³-hybridized carbons (Fsp3) is 0.619. The number of hydrogen-bond acceptors (Lipinski definition) is 3. The number of methoxy groups -OCH3 is 1. The lowest BCUT2D eigenvalue weighted by Gasteiger charge is -2.53. The van der Waals surface area contributed by atoms with Crippen LogP contribution in [0.25, 0.3) is 0 Å². The summed E-state index contributed by atoms with van der Waals surface area (Å²) in [5.74, 6) is 4.33. The molecule has 0 spiro atoms. The van der Waals surface area contributed by atoms with Crippen molar-refractivity contribution >= 4 is 0 Å². The van der Waals surface area contributed by atoms with E-state index in [4.69, 9.17) is 11.2 Å². The number of phenolic OH excluding ortho intramolecular Hbond substituents is 1. The van der Waals surface area contributed by atoms with Gasteiger partial charge >= 0.3 is 0 Å². The Morgan fingerprint density at radius 2 is 2.08 bits per heavy atom. The summed E-state index contributed by atoms with van der Waals surface area (Å²) in [5, 5.41) is 20.6. The number of ether oxygens (including phenoxy) is 1. The molecule has 0 amide bonds. The van der Waals surface area contributed by atoms with Gasteiger partial charge in [-0.3, -0.25) is 0 Å². The van der Waals surface area contributed by atoms with Crippen molar-refractivity contribution in [1.82, 2.24) is 0 Å². The van der Waals surface area contributed by atoms with Gasteiger partial charge in [-0.05, 0) is 72.6 Å². The van der Waals surface area contributed by atoms with E-state index in [-0.39, 0.29) is 29.3 Å². The summed E-state index contributed by atoms with van der Waals surface area (Å²) < 4.78 is 5.93. The first-order valence-corrected chi connectivity index (χ1v) is 9.03. The molecule has 3 aliphatic rings. The number of aliphatic hydroxyl groups is 1. The summed E-state index contributed by atoms with van der Waals surface area (Å²) >= 11 is 0. The van der Waals surface area contributed by atoms with Gasteiger partial charge in [0.1, 0.15) is 5.75 Å². The van der Waals surface area contributed by atoms with Gasteiger partial charge in [0.25, 0.3) is 0 Å². The van der Waals surface area contributed by atoms with E-state index in [1.807, 2.05) is 6.07 Å². The van der Waals surface area contributed by atoms with Gasteiger partial charge in [-0.15, -0.1) is 6.42 Å². The molecule has 1 aromatic carbocycles. The molecule has 128 valence electrons.